The van der Waals surface area contributed by atoms with Crippen LogP contribution < -0.4 is 26.0 Å². The van der Waals surface area contributed by atoms with Gasteiger partial charge in [0, 0.05) is 12.6 Å². The van der Waals surface area contributed by atoms with Gasteiger partial charge in [0.2, 0.25) is 5.91 Å². The molecule has 1 amide bonds. The van der Waals surface area contributed by atoms with E-state index in [0.717, 1.165) is 49.5 Å². The maximum atomic E-state index is 12.8. The number of benzene rings is 1. The highest BCUT2D eigenvalue weighted by Crippen LogP contribution is 2.26. The maximum Gasteiger partial charge on any atom is 0.228 e. The van der Waals surface area contributed by atoms with E-state index in [-0.39, 0.29) is 18.0 Å². The molecule has 4 rings (SSSR count). The summed E-state index contributed by atoms with van der Waals surface area (Å²) in [6.07, 6.45) is 6.93. The number of ether oxygens (including phenoxy) is 1. The van der Waals surface area contributed by atoms with Gasteiger partial charge in [0.15, 0.2) is 5.69 Å². The normalized spacial score (nSPS) is 13.5. The van der Waals surface area contributed by atoms with Gasteiger partial charge in [-0.05, 0) is 49.5 Å². The first-order valence-corrected chi connectivity index (χ1v) is 11.5. The molecule has 0 aliphatic carbocycles. The van der Waals surface area contributed by atoms with E-state index in [1.54, 1.807) is 13.3 Å². The maximum absolute atomic E-state index is 12.8. The van der Waals surface area contributed by atoms with Crippen LogP contribution in [0.4, 0.5) is 23.0 Å². The van der Waals surface area contributed by atoms with Crippen LogP contribution >= 0.6 is 0 Å². The molecule has 10 nitrogen and oxygen atoms in total. The van der Waals surface area contributed by atoms with Gasteiger partial charge in [0.1, 0.15) is 23.5 Å². The van der Waals surface area contributed by atoms with Crippen LogP contribution in [0, 0.1) is 17.2 Å². The number of amides is 1. The van der Waals surface area contributed by atoms with Crippen LogP contribution in [0.25, 0.3) is 0 Å². The average Bonchev–Trinajstić information content (AvgIpc) is 2.90. The first kappa shape index (κ1) is 23.9. The number of hydrogen-bond donors (Lipinski definition) is 4. The molecule has 180 valence electrons. The molecule has 3 heterocycles. The number of methoxy groups -OCH3 is 1. The van der Waals surface area contributed by atoms with Gasteiger partial charge < -0.3 is 26.0 Å². The first-order chi connectivity index (χ1) is 17.1. The summed E-state index contributed by atoms with van der Waals surface area (Å²) in [5, 5.41) is 21.9. The third-order valence-electron chi connectivity index (χ3n) is 5.76. The van der Waals surface area contributed by atoms with E-state index in [1.165, 1.54) is 12.4 Å². The lowest BCUT2D eigenvalue weighted by Crippen LogP contribution is -2.31. The molecule has 1 aliphatic heterocycles. The zero-order chi connectivity index (χ0) is 24.5. The van der Waals surface area contributed by atoms with E-state index in [1.807, 2.05) is 36.4 Å². The first-order valence-electron chi connectivity index (χ1n) is 11.5. The van der Waals surface area contributed by atoms with E-state index in [4.69, 9.17) is 10.00 Å². The molecule has 3 aromatic rings. The monoisotopic (exact) mass is 472 g/mol. The Morgan fingerprint density at radius 1 is 1.09 bits per heavy atom. The van der Waals surface area contributed by atoms with Crippen LogP contribution in [0.1, 0.15) is 24.1 Å². The van der Waals surface area contributed by atoms with Crippen molar-refractivity contribution in [2.75, 3.05) is 42.7 Å². The van der Waals surface area contributed by atoms with Gasteiger partial charge in [-0.25, -0.2) is 15.0 Å². The lowest BCUT2D eigenvalue weighted by molar-refractivity contribution is -0.115. The molecule has 0 saturated carbocycles. The van der Waals surface area contributed by atoms with Crippen molar-refractivity contribution < 1.29 is 9.53 Å². The molecular weight excluding hydrogens is 444 g/mol. The number of nitrogens with zero attached hydrogens (tertiary/aromatic N) is 4. The van der Waals surface area contributed by atoms with Gasteiger partial charge >= 0.3 is 0 Å². The van der Waals surface area contributed by atoms with Crippen LogP contribution in [0.15, 0.2) is 48.9 Å². The predicted molar refractivity (Wildman–Crippen MR) is 134 cm³/mol. The van der Waals surface area contributed by atoms with Crippen molar-refractivity contribution in [3.05, 3.63) is 60.2 Å². The molecule has 1 saturated heterocycles. The zero-order valence-electron chi connectivity index (χ0n) is 19.5. The second-order valence-corrected chi connectivity index (χ2v) is 8.29. The van der Waals surface area contributed by atoms with Crippen molar-refractivity contribution in [1.82, 2.24) is 20.3 Å². The minimum absolute atomic E-state index is 0.138. The molecular formula is C25H28N8O2. The van der Waals surface area contributed by atoms with E-state index in [9.17, 15) is 4.79 Å². The van der Waals surface area contributed by atoms with Crippen molar-refractivity contribution in [2.45, 2.75) is 19.3 Å². The van der Waals surface area contributed by atoms with Gasteiger partial charge in [-0.3, -0.25) is 4.79 Å². The van der Waals surface area contributed by atoms with Crippen LogP contribution in [0.5, 0.6) is 5.75 Å². The zero-order valence-corrected chi connectivity index (χ0v) is 19.5. The molecule has 35 heavy (non-hydrogen) atoms. The minimum atomic E-state index is -0.138. The summed E-state index contributed by atoms with van der Waals surface area (Å²) in [5.74, 6) is 2.17. The standard InChI is InChI=1S/C25H28N8O2/c1-35-20-4-2-17(3-5-20)10-25(34)32-22-15-31-23(33-24-16-28-19(12-26)14-30-24)11-21(22)29-13-18-6-8-27-9-7-18/h2-5,11,14-16,18,27H,6-10,13H2,1H3,(H,32,34)(H2,29,30,31,33). The summed E-state index contributed by atoms with van der Waals surface area (Å²) in [4.78, 5) is 25.4. The predicted octanol–water partition coefficient (Wildman–Crippen LogP) is 3.09. The molecule has 1 aliphatic rings. The van der Waals surface area contributed by atoms with Crippen molar-refractivity contribution in [3.8, 4) is 11.8 Å². The quantitative estimate of drug-likeness (QED) is 0.370. The van der Waals surface area contributed by atoms with Gasteiger partial charge in [0.05, 0.1) is 43.5 Å². The SMILES string of the molecule is COc1ccc(CC(=O)Nc2cnc(Nc3cnc(C#N)cn3)cc2NCC2CCNCC2)cc1. The molecule has 0 radical (unpaired) electrons. The van der Waals surface area contributed by atoms with Gasteiger partial charge in [-0.1, -0.05) is 12.1 Å². The summed E-state index contributed by atoms with van der Waals surface area (Å²) >= 11 is 0. The number of carbonyl (C=O) groups excluding carboxylic acids is 1. The smallest absolute Gasteiger partial charge is 0.228 e. The molecule has 10 heteroatoms. The summed E-state index contributed by atoms with van der Waals surface area (Å²) in [6.45, 7) is 2.82. The summed E-state index contributed by atoms with van der Waals surface area (Å²) < 4.78 is 5.18. The van der Waals surface area contributed by atoms with Crippen molar-refractivity contribution >= 4 is 28.9 Å². The highest BCUT2D eigenvalue weighted by molar-refractivity contribution is 5.95. The van der Waals surface area contributed by atoms with E-state index < -0.39 is 0 Å². The Bertz CT molecular complexity index is 1170. The fraction of sp³-hybridized carbons (Fsp3) is 0.320. The van der Waals surface area contributed by atoms with E-state index in [2.05, 4.69) is 36.2 Å². The average molecular weight is 473 g/mol. The lowest BCUT2D eigenvalue weighted by atomic mass is 9.98. The van der Waals surface area contributed by atoms with Gasteiger partial charge in [-0.15, -0.1) is 0 Å². The second kappa shape index (κ2) is 11.8. The third kappa shape index (κ3) is 6.88. The van der Waals surface area contributed by atoms with Crippen LogP contribution in [-0.2, 0) is 11.2 Å². The number of carbonyl (C=O) groups is 1. The third-order valence-corrected chi connectivity index (χ3v) is 5.76. The number of anilines is 4. The fourth-order valence-electron chi connectivity index (χ4n) is 3.81. The molecule has 0 spiro atoms. The molecule has 0 atom stereocenters. The summed E-state index contributed by atoms with van der Waals surface area (Å²) in [7, 11) is 1.61. The molecule has 2 aromatic heterocycles. The highest BCUT2D eigenvalue weighted by atomic mass is 16.5. The molecule has 0 bridgehead atoms. The lowest BCUT2D eigenvalue weighted by Gasteiger charge is -2.24. The number of pyridine rings is 1. The molecule has 4 N–H and O–H groups in total. The fourth-order valence-corrected chi connectivity index (χ4v) is 3.81. The molecule has 1 fully saturated rings. The number of nitrogens with one attached hydrogen (secondary N) is 4. The van der Waals surface area contributed by atoms with Crippen molar-refractivity contribution in [2.24, 2.45) is 5.92 Å². The van der Waals surface area contributed by atoms with Crippen LogP contribution in [0.3, 0.4) is 0 Å². The number of hydrogen-bond acceptors (Lipinski definition) is 9. The van der Waals surface area contributed by atoms with E-state index in [0.29, 0.717) is 23.2 Å². The molecule has 0 unspecified atom stereocenters. The van der Waals surface area contributed by atoms with Gasteiger partial charge in [0.25, 0.3) is 0 Å². The number of nitriles is 1. The highest BCUT2D eigenvalue weighted by Gasteiger charge is 2.15. The van der Waals surface area contributed by atoms with Crippen molar-refractivity contribution in [1.29, 1.82) is 5.26 Å². The Kier molecular flexibility index (Phi) is 8.04. The molecule has 1 aromatic carbocycles. The topological polar surface area (TPSA) is 137 Å². The Balaban J connectivity index is 1.48. The summed E-state index contributed by atoms with van der Waals surface area (Å²) in [5.41, 5.74) is 2.50. The minimum Gasteiger partial charge on any atom is -0.497 e. The Hall–Kier alpha value is -4.23. The van der Waals surface area contributed by atoms with Gasteiger partial charge in [-0.2, -0.15) is 5.26 Å². The Labute approximate surface area is 204 Å². The van der Waals surface area contributed by atoms with Crippen LogP contribution in [-0.4, -0.2) is 47.6 Å². The largest absolute Gasteiger partial charge is 0.497 e. The van der Waals surface area contributed by atoms with Crippen LogP contribution in [0.2, 0.25) is 0 Å². The number of piperidine rings is 1. The number of rotatable bonds is 9. The Morgan fingerprint density at radius 2 is 1.86 bits per heavy atom. The Morgan fingerprint density at radius 3 is 2.54 bits per heavy atom. The van der Waals surface area contributed by atoms with Crippen molar-refractivity contribution in [3.63, 3.8) is 0 Å². The van der Waals surface area contributed by atoms with E-state index >= 15 is 0 Å². The summed E-state index contributed by atoms with van der Waals surface area (Å²) in [6, 6.07) is 11.2. The second-order valence-electron chi connectivity index (χ2n) is 8.29. The number of aromatic nitrogens is 3.